The van der Waals surface area contributed by atoms with Gasteiger partial charge in [-0.3, -0.25) is 4.79 Å². The van der Waals surface area contributed by atoms with Gasteiger partial charge in [-0.05, 0) is 25.0 Å². The SMILES string of the molecule is CN(C(=O)COCc1nc2ccccc2n1C)[C@@H]1CC[C@@H](n2ccnc2)[C@@H]1O. The predicted octanol–water partition coefficient (Wildman–Crippen LogP) is 1.51. The Kier molecular flexibility index (Phi) is 5.15. The van der Waals surface area contributed by atoms with E-state index in [2.05, 4.69) is 9.97 Å². The first-order chi connectivity index (χ1) is 13.6. The van der Waals surface area contributed by atoms with E-state index in [0.29, 0.717) is 0 Å². The monoisotopic (exact) mass is 383 g/mol. The average molecular weight is 383 g/mol. The fourth-order valence-corrected chi connectivity index (χ4v) is 3.99. The van der Waals surface area contributed by atoms with E-state index in [0.717, 1.165) is 29.7 Å². The zero-order valence-corrected chi connectivity index (χ0v) is 16.1. The van der Waals surface area contributed by atoms with Gasteiger partial charge in [0.25, 0.3) is 0 Å². The van der Waals surface area contributed by atoms with E-state index in [1.807, 2.05) is 46.6 Å². The molecule has 1 N–H and O–H groups in total. The summed E-state index contributed by atoms with van der Waals surface area (Å²) in [6.45, 7) is 0.217. The van der Waals surface area contributed by atoms with Crippen LogP contribution >= 0.6 is 0 Å². The van der Waals surface area contributed by atoms with Gasteiger partial charge in [-0.25, -0.2) is 9.97 Å². The van der Waals surface area contributed by atoms with Crippen molar-refractivity contribution in [3.63, 3.8) is 0 Å². The molecule has 1 aliphatic carbocycles. The topological polar surface area (TPSA) is 85.4 Å². The zero-order valence-electron chi connectivity index (χ0n) is 16.1. The fourth-order valence-electron chi connectivity index (χ4n) is 3.99. The molecule has 1 aliphatic rings. The molecule has 148 valence electrons. The zero-order chi connectivity index (χ0) is 19.7. The number of aliphatic hydroxyl groups excluding tert-OH is 1. The molecule has 8 nitrogen and oxygen atoms in total. The quantitative estimate of drug-likeness (QED) is 0.697. The Morgan fingerprint density at radius 1 is 1.36 bits per heavy atom. The number of para-hydroxylation sites is 2. The fraction of sp³-hybridized carbons (Fsp3) is 0.450. The Morgan fingerprint density at radius 2 is 2.18 bits per heavy atom. The summed E-state index contributed by atoms with van der Waals surface area (Å²) in [6.07, 6.45) is 6.18. The Balaban J connectivity index is 1.33. The van der Waals surface area contributed by atoms with Crippen molar-refractivity contribution in [2.45, 2.75) is 37.6 Å². The minimum atomic E-state index is -0.622. The summed E-state index contributed by atoms with van der Waals surface area (Å²) in [5, 5.41) is 10.7. The Hall–Kier alpha value is -2.71. The van der Waals surface area contributed by atoms with Crippen molar-refractivity contribution in [2.24, 2.45) is 7.05 Å². The van der Waals surface area contributed by atoms with Crippen LogP contribution in [0, 0.1) is 0 Å². The second-order valence-corrected chi connectivity index (χ2v) is 7.29. The lowest BCUT2D eigenvalue weighted by Gasteiger charge is -2.29. The molecule has 28 heavy (non-hydrogen) atoms. The van der Waals surface area contributed by atoms with Crippen LogP contribution in [0.5, 0.6) is 0 Å². The number of nitrogens with zero attached hydrogens (tertiary/aromatic N) is 5. The van der Waals surface area contributed by atoms with Gasteiger partial charge in [0.2, 0.25) is 5.91 Å². The Bertz CT molecular complexity index is 952. The lowest BCUT2D eigenvalue weighted by Crippen LogP contribution is -2.44. The maximum atomic E-state index is 12.6. The van der Waals surface area contributed by atoms with Crippen molar-refractivity contribution >= 4 is 16.9 Å². The van der Waals surface area contributed by atoms with Gasteiger partial charge in [0, 0.05) is 26.5 Å². The van der Waals surface area contributed by atoms with Crippen LogP contribution in [-0.4, -0.2) is 60.8 Å². The molecule has 4 rings (SSSR count). The molecule has 1 aromatic carbocycles. The van der Waals surface area contributed by atoms with Crippen molar-refractivity contribution in [1.82, 2.24) is 24.0 Å². The molecule has 2 heterocycles. The number of carbonyl (C=O) groups is 1. The molecule has 0 spiro atoms. The van der Waals surface area contributed by atoms with Crippen LogP contribution in [0.4, 0.5) is 0 Å². The number of carbonyl (C=O) groups excluding carboxylic acids is 1. The molecule has 1 fully saturated rings. The number of likely N-dealkylation sites (N-methyl/N-ethyl adjacent to an activating group) is 1. The number of fused-ring (bicyclic) bond motifs is 1. The first-order valence-electron chi connectivity index (χ1n) is 9.45. The third-order valence-corrected chi connectivity index (χ3v) is 5.68. The molecule has 3 atom stereocenters. The molecule has 1 amide bonds. The standard InChI is InChI=1S/C20H25N5O3/c1-23-15-6-4-3-5-14(15)22-18(23)11-28-12-19(26)24(2)16-7-8-17(20(16)27)25-10-9-21-13-25/h3-6,9-10,13,16-17,20,27H,7-8,11-12H2,1-2H3/t16-,17-,20-/m1/s1. The normalized spacial score (nSPS) is 22.0. The van der Waals surface area contributed by atoms with Crippen molar-refractivity contribution in [3.05, 3.63) is 48.8 Å². The smallest absolute Gasteiger partial charge is 0.248 e. The maximum Gasteiger partial charge on any atom is 0.248 e. The van der Waals surface area contributed by atoms with E-state index in [1.165, 1.54) is 0 Å². The summed E-state index contributed by atoms with van der Waals surface area (Å²) < 4.78 is 9.52. The van der Waals surface area contributed by atoms with Crippen molar-refractivity contribution < 1.29 is 14.6 Å². The number of rotatable bonds is 6. The van der Waals surface area contributed by atoms with Gasteiger partial charge in [-0.2, -0.15) is 0 Å². The van der Waals surface area contributed by atoms with Gasteiger partial charge in [0.05, 0.1) is 35.5 Å². The highest BCUT2D eigenvalue weighted by Gasteiger charge is 2.39. The van der Waals surface area contributed by atoms with E-state index >= 15 is 0 Å². The van der Waals surface area contributed by atoms with Crippen LogP contribution < -0.4 is 0 Å². The number of hydrogen-bond donors (Lipinski definition) is 1. The highest BCUT2D eigenvalue weighted by molar-refractivity contribution is 5.78. The van der Waals surface area contributed by atoms with Crippen molar-refractivity contribution in [1.29, 1.82) is 0 Å². The van der Waals surface area contributed by atoms with Crippen molar-refractivity contribution in [3.8, 4) is 0 Å². The largest absolute Gasteiger partial charge is 0.389 e. The van der Waals surface area contributed by atoms with Crippen LogP contribution in [0.1, 0.15) is 24.7 Å². The van der Waals surface area contributed by atoms with E-state index in [4.69, 9.17) is 4.74 Å². The van der Waals surface area contributed by atoms with E-state index in [-0.39, 0.29) is 31.2 Å². The molecular formula is C20H25N5O3. The molecule has 2 aromatic heterocycles. The summed E-state index contributed by atoms with van der Waals surface area (Å²) in [7, 11) is 3.66. The molecule has 0 bridgehead atoms. The van der Waals surface area contributed by atoms with Gasteiger partial charge in [0.15, 0.2) is 0 Å². The van der Waals surface area contributed by atoms with Crippen LogP contribution in [0.3, 0.4) is 0 Å². The number of aliphatic hydroxyl groups is 1. The number of aryl methyl sites for hydroxylation is 1. The molecular weight excluding hydrogens is 358 g/mol. The predicted molar refractivity (Wildman–Crippen MR) is 103 cm³/mol. The maximum absolute atomic E-state index is 12.6. The summed E-state index contributed by atoms with van der Waals surface area (Å²) >= 11 is 0. The highest BCUT2D eigenvalue weighted by atomic mass is 16.5. The van der Waals surface area contributed by atoms with E-state index < -0.39 is 6.10 Å². The van der Waals surface area contributed by atoms with Crippen molar-refractivity contribution in [2.75, 3.05) is 13.7 Å². The lowest BCUT2D eigenvalue weighted by molar-refractivity contribution is -0.139. The first-order valence-corrected chi connectivity index (χ1v) is 9.45. The van der Waals surface area contributed by atoms with E-state index in [9.17, 15) is 9.90 Å². The average Bonchev–Trinajstić information content (AvgIpc) is 3.41. The van der Waals surface area contributed by atoms with Crippen LogP contribution in [0.15, 0.2) is 43.0 Å². The molecule has 0 saturated heterocycles. The highest BCUT2D eigenvalue weighted by Crippen LogP contribution is 2.33. The first kappa shape index (κ1) is 18.6. The van der Waals surface area contributed by atoms with Crippen LogP contribution in [-0.2, 0) is 23.2 Å². The summed E-state index contributed by atoms with van der Waals surface area (Å²) in [6, 6.07) is 7.60. The van der Waals surface area contributed by atoms with Gasteiger partial charge in [-0.15, -0.1) is 0 Å². The van der Waals surface area contributed by atoms with E-state index in [1.54, 1.807) is 24.5 Å². The number of ether oxygens (including phenoxy) is 1. The summed E-state index contributed by atoms with van der Waals surface area (Å²) in [4.78, 5) is 22.8. The molecule has 0 unspecified atom stereocenters. The Labute approximate surface area is 163 Å². The summed E-state index contributed by atoms with van der Waals surface area (Å²) in [5.41, 5.74) is 1.94. The minimum absolute atomic E-state index is 0.0430. The number of amides is 1. The molecule has 8 heteroatoms. The number of imidazole rings is 2. The summed E-state index contributed by atoms with van der Waals surface area (Å²) in [5.74, 6) is 0.631. The molecule has 3 aromatic rings. The number of hydrogen-bond acceptors (Lipinski definition) is 5. The molecule has 0 radical (unpaired) electrons. The van der Waals surface area contributed by atoms with Gasteiger partial charge in [-0.1, -0.05) is 12.1 Å². The Morgan fingerprint density at radius 3 is 2.93 bits per heavy atom. The minimum Gasteiger partial charge on any atom is -0.389 e. The number of aromatic nitrogens is 4. The van der Waals surface area contributed by atoms with Crippen LogP contribution in [0.25, 0.3) is 11.0 Å². The van der Waals surface area contributed by atoms with Gasteiger partial charge in [0.1, 0.15) is 19.0 Å². The molecule has 0 aliphatic heterocycles. The lowest BCUT2D eigenvalue weighted by atomic mass is 10.1. The third kappa shape index (κ3) is 3.41. The van der Waals surface area contributed by atoms with Crippen LogP contribution in [0.2, 0.25) is 0 Å². The van der Waals surface area contributed by atoms with Gasteiger partial charge < -0.3 is 23.9 Å². The number of benzene rings is 1. The third-order valence-electron chi connectivity index (χ3n) is 5.68. The second kappa shape index (κ2) is 7.73. The van der Waals surface area contributed by atoms with Gasteiger partial charge >= 0.3 is 0 Å². The second-order valence-electron chi connectivity index (χ2n) is 7.29. The molecule has 1 saturated carbocycles.